The second-order valence-corrected chi connectivity index (χ2v) is 11.4. The van der Waals surface area contributed by atoms with Crippen LogP contribution in [0.2, 0.25) is 0 Å². The summed E-state index contributed by atoms with van der Waals surface area (Å²) < 4.78 is 24.1. The summed E-state index contributed by atoms with van der Waals surface area (Å²) in [5.41, 5.74) is 2.04. The SMILES string of the molecule is CCCOc1ccc(CN2C(=O)NC(=O)/C(=C\c3cc(I)c(OCc4cccc5ccccc45)c(OC)c3)C2=O)cc1OCC. The Bertz CT molecular complexity index is 1780. The number of amides is 4. The number of carbonyl (C=O) groups excluding carboxylic acids is 3. The Hall–Kier alpha value is -4.58. The monoisotopic (exact) mass is 720 g/mol. The minimum atomic E-state index is -0.796. The Balaban J connectivity index is 1.38. The Morgan fingerprint density at radius 3 is 2.44 bits per heavy atom. The van der Waals surface area contributed by atoms with Crippen LogP contribution < -0.4 is 24.3 Å². The molecule has 0 unspecified atom stereocenters. The summed E-state index contributed by atoms with van der Waals surface area (Å²) in [4.78, 5) is 40.1. The number of nitrogens with one attached hydrogen (secondary N) is 1. The van der Waals surface area contributed by atoms with E-state index in [1.54, 1.807) is 30.3 Å². The molecule has 45 heavy (non-hydrogen) atoms. The van der Waals surface area contributed by atoms with Crippen molar-refractivity contribution < 1.29 is 33.3 Å². The molecule has 0 saturated carbocycles. The van der Waals surface area contributed by atoms with Crippen molar-refractivity contribution in [3.8, 4) is 23.0 Å². The van der Waals surface area contributed by atoms with Crippen LogP contribution in [-0.2, 0) is 22.7 Å². The molecule has 10 heteroatoms. The predicted molar refractivity (Wildman–Crippen MR) is 179 cm³/mol. The number of hydrogen-bond acceptors (Lipinski definition) is 7. The minimum absolute atomic E-state index is 0.0643. The molecule has 4 amide bonds. The molecule has 1 fully saturated rings. The standard InChI is InChI=1S/C35H33IN2O7/c1-4-15-44-29-14-13-22(18-30(29)43-5-2)20-38-34(40)27(33(39)37-35(38)41)16-23-17-28(36)32(31(19-23)42-3)45-21-25-11-8-10-24-9-6-7-12-26(24)25/h6-14,16-19H,4-5,15,20-21H2,1-3H3,(H,37,39,41)/b27-16+. The van der Waals surface area contributed by atoms with Crippen LogP contribution >= 0.6 is 22.6 Å². The van der Waals surface area contributed by atoms with Crippen LogP contribution in [0.15, 0.2) is 78.4 Å². The number of imide groups is 2. The molecule has 0 spiro atoms. The second kappa shape index (κ2) is 14.5. The van der Waals surface area contributed by atoms with Crippen LogP contribution in [0, 0.1) is 3.57 Å². The highest BCUT2D eigenvalue weighted by molar-refractivity contribution is 14.1. The third-order valence-corrected chi connectivity index (χ3v) is 7.91. The van der Waals surface area contributed by atoms with Gasteiger partial charge in [0.25, 0.3) is 11.8 Å². The summed E-state index contributed by atoms with van der Waals surface area (Å²) in [5.74, 6) is 0.605. The maximum atomic E-state index is 13.5. The first-order valence-electron chi connectivity index (χ1n) is 14.6. The van der Waals surface area contributed by atoms with E-state index in [2.05, 4.69) is 46.1 Å². The van der Waals surface area contributed by atoms with Crippen molar-refractivity contribution in [2.24, 2.45) is 0 Å². The molecule has 1 N–H and O–H groups in total. The summed E-state index contributed by atoms with van der Waals surface area (Å²) in [6.45, 7) is 5.08. The van der Waals surface area contributed by atoms with E-state index in [1.807, 2.05) is 38.1 Å². The summed E-state index contributed by atoms with van der Waals surface area (Å²) in [6, 6.07) is 22.1. The largest absolute Gasteiger partial charge is 0.493 e. The van der Waals surface area contributed by atoms with E-state index in [9.17, 15) is 14.4 Å². The fourth-order valence-corrected chi connectivity index (χ4v) is 5.75. The number of methoxy groups -OCH3 is 1. The van der Waals surface area contributed by atoms with Gasteiger partial charge in [0, 0.05) is 0 Å². The van der Waals surface area contributed by atoms with E-state index in [0.29, 0.717) is 53.9 Å². The van der Waals surface area contributed by atoms with E-state index in [1.165, 1.54) is 13.2 Å². The van der Waals surface area contributed by atoms with Crippen LogP contribution in [0.1, 0.15) is 37.0 Å². The van der Waals surface area contributed by atoms with Crippen LogP contribution in [0.5, 0.6) is 23.0 Å². The summed E-state index contributed by atoms with van der Waals surface area (Å²) in [7, 11) is 1.53. The zero-order chi connectivity index (χ0) is 31.9. The van der Waals surface area contributed by atoms with Crippen LogP contribution in [-0.4, -0.2) is 43.1 Å². The number of urea groups is 1. The maximum Gasteiger partial charge on any atom is 0.331 e. The number of halogens is 1. The predicted octanol–water partition coefficient (Wildman–Crippen LogP) is 6.88. The topological polar surface area (TPSA) is 103 Å². The van der Waals surface area contributed by atoms with Crippen molar-refractivity contribution in [2.45, 2.75) is 33.4 Å². The van der Waals surface area contributed by atoms with Crippen LogP contribution in [0.3, 0.4) is 0 Å². The second-order valence-electron chi connectivity index (χ2n) is 10.2. The van der Waals surface area contributed by atoms with Gasteiger partial charge in [-0.1, -0.05) is 55.5 Å². The molecule has 0 aliphatic carbocycles. The lowest BCUT2D eigenvalue weighted by Gasteiger charge is -2.26. The van der Waals surface area contributed by atoms with E-state index in [4.69, 9.17) is 18.9 Å². The molecule has 0 aromatic heterocycles. The minimum Gasteiger partial charge on any atom is -0.493 e. The Kier molecular flexibility index (Phi) is 10.2. The number of fused-ring (bicyclic) bond motifs is 1. The number of benzene rings is 4. The normalized spacial score (nSPS) is 14.1. The maximum absolute atomic E-state index is 13.5. The van der Waals surface area contributed by atoms with Gasteiger partial charge in [-0.3, -0.25) is 19.8 Å². The quantitative estimate of drug-likeness (QED) is 0.0968. The fraction of sp³-hybridized carbons (Fsp3) is 0.229. The molecule has 1 aliphatic heterocycles. The van der Waals surface area contributed by atoms with Crippen molar-refractivity contribution in [1.82, 2.24) is 10.2 Å². The Morgan fingerprint density at radius 1 is 0.867 bits per heavy atom. The van der Waals surface area contributed by atoms with Gasteiger partial charge in [0.15, 0.2) is 23.0 Å². The van der Waals surface area contributed by atoms with Gasteiger partial charge in [0.2, 0.25) is 0 Å². The van der Waals surface area contributed by atoms with Crippen molar-refractivity contribution in [2.75, 3.05) is 20.3 Å². The van der Waals surface area contributed by atoms with Gasteiger partial charge in [-0.25, -0.2) is 4.79 Å². The zero-order valence-electron chi connectivity index (χ0n) is 25.2. The van der Waals surface area contributed by atoms with Gasteiger partial charge in [0.05, 0.1) is 30.4 Å². The summed E-state index contributed by atoms with van der Waals surface area (Å²) >= 11 is 2.14. The highest BCUT2D eigenvalue weighted by Gasteiger charge is 2.36. The average Bonchev–Trinajstić information content (AvgIpc) is 3.04. The molecule has 1 heterocycles. The van der Waals surface area contributed by atoms with Gasteiger partial charge in [-0.05, 0) is 93.7 Å². The highest BCUT2D eigenvalue weighted by atomic mass is 127. The smallest absolute Gasteiger partial charge is 0.331 e. The molecule has 232 valence electrons. The Morgan fingerprint density at radius 2 is 1.67 bits per heavy atom. The summed E-state index contributed by atoms with van der Waals surface area (Å²) in [6.07, 6.45) is 2.29. The van der Waals surface area contributed by atoms with Crippen LogP contribution in [0.25, 0.3) is 16.8 Å². The van der Waals surface area contributed by atoms with Gasteiger partial charge in [-0.15, -0.1) is 0 Å². The first kappa shape index (κ1) is 31.8. The Labute approximate surface area is 275 Å². The van der Waals surface area contributed by atoms with Gasteiger partial charge in [-0.2, -0.15) is 0 Å². The lowest BCUT2D eigenvalue weighted by atomic mass is 10.1. The first-order valence-corrected chi connectivity index (χ1v) is 15.6. The number of barbiturate groups is 1. The molecule has 4 aromatic carbocycles. The number of nitrogens with zero attached hydrogens (tertiary/aromatic N) is 1. The first-order chi connectivity index (χ1) is 21.8. The van der Waals surface area contributed by atoms with E-state index < -0.39 is 17.8 Å². The van der Waals surface area contributed by atoms with Gasteiger partial charge >= 0.3 is 6.03 Å². The van der Waals surface area contributed by atoms with E-state index >= 15 is 0 Å². The van der Waals surface area contributed by atoms with Crippen molar-refractivity contribution in [1.29, 1.82) is 0 Å². The molecule has 9 nitrogen and oxygen atoms in total. The van der Waals surface area contributed by atoms with E-state index in [0.717, 1.165) is 31.2 Å². The van der Waals surface area contributed by atoms with Crippen LogP contribution in [0.4, 0.5) is 4.79 Å². The molecular formula is C35H33IN2O7. The molecule has 1 aliphatic rings. The van der Waals surface area contributed by atoms with Crippen molar-refractivity contribution in [3.05, 3.63) is 98.6 Å². The molecule has 4 aromatic rings. The van der Waals surface area contributed by atoms with Gasteiger partial charge < -0.3 is 18.9 Å². The third-order valence-electron chi connectivity index (χ3n) is 7.11. The highest BCUT2D eigenvalue weighted by Crippen LogP contribution is 2.36. The number of carbonyl (C=O) groups is 3. The molecule has 0 radical (unpaired) electrons. The molecule has 1 saturated heterocycles. The fourth-order valence-electron chi connectivity index (χ4n) is 4.97. The van der Waals surface area contributed by atoms with E-state index in [-0.39, 0.29) is 12.1 Å². The zero-order valence-corrected chi connectivity index (χ0v) is 27.4. The number of rotatable bonds is 12. The number of hydrogen-bond donors (Lipinski definition) is 1. The molecule has 0 atom stereocenters. The molecule has 0 bridgehead atoms. The molecular weight excluding hydrogens is 687 g/mol. The molecule has 5 rings (SSSR count). The van der Waals surface area contributed by atoms with Gasteiger partial charge in [0.1, 0.15) is 12.2 Å². The number of ether oxygens (including phenoxy) is 4. The summed E-state index contributed by atoms with van der Waals surface area (Å²) in [5, 5.41) is 4.51. The lowest BCUT2D eigenvalue weighted by molar-refractivity contribution is -0.130. The lowest BCUT2D eigenvalue weighted by Crippen LogP contribution is -2.53. The third kappa shape index (κ3) is 7.22. The van der Waals surface area contributed by atoms with Crippen molar-refractivity contribution in [3.63, 3.8) is 0 Å². The van der Waals surface area contributed by atoms with Crippen molar-refractivity contribution >= 4 is 57.3 Å². The average molecular weight is 721 g/mol.